The first-order valence-electron chi connectivity index (χ1n) is 7.76. The summed E-state index contributed by atoms with van der Waals surface area (Å²) >= 11 is 0. The van der Waals surface area contributed by atoms with Crippen LogP contribution in [-0.4, -0.2) is 22.1 Å². The van der Waals surface area contributed by atoms with Crippen molar-refractivity contribution in [2.75, 3.05) is 0 Å². The molecule has 2 aromatic rings. The quantitative estimate of drug-likeness (QED) is 0.674. The number of benzene rings is 2. The van der Waals surface area contributed by atoms with Gasteiger partial charge in [-0.25, -0.2) is 16.8 Å². The van der Waals surface area contributed by atoms with E-state index in [0.29, 0.717) is 0 Å². The van der Waals surface area contributed by atoms with Crippen LogP contribution in [0.5, 0.6) is 0 Å². The standard InChI is InChI=1S/C20H20O4S2/c1-15(17(3)25(21,22)19-11-7-5-8-12-19)16(2)18(4)26(23,24)20-13-9-6-10-14-20/h5-14,18H,1-3H2,4H3. The van der Waals surface area contributed by atoms with E-state index in [1.54, 1.807) is 36.4 Å². The third-order valence-corrected chi connectivity index (χ3v) is 8.06. The highest BCUT2D eigenvalue weighted by Gasteiger charge is 2.30. The van der Waals surface area contributed by atoms with Crippen molar-refractivity contribution in [3.05, 3.63) is 96.5 Å². The minimum Gasteiger partial charge on any atom is -0.223 e. The summed E-state index contributed by atoms with van der Waals surface area (Å²) in [4.78, 5) is -0.0562. The van der Waals surface area contributed by atoms with E-state index in [2.05, 4.69) is 19.7 Å². The Kier molecular flexibility index (Phi) is 5.68. The van der Waals surface area contributed by atoms with Gasteiger partial charge >= 0.3 is 0 Å². The fraction of sp³-hybridized carbons (Fsp3) is 0.100. The molecule has 0 N–H and O–H groups in total. The Morgan fingerprint density at radius 2 is 1.19 bits per heavy atom. The van der Waals surface area contributed by atoms with Gasteiger partial charge in [-0.05, 0) is 42.3 Å². The summed E-state index contributed by atoms with van der Waals surface area (Å²) in [5, 5.41) is -1.04. The number of rotatable bonds is 7. The monoisotopic (exact) mass is 388 g/mol. The fourth-order valence-electron chi connectivity index (χ4n) is 2.33. The van der Waals surface area contributed by atoms with Gasteiger partial charge in [0.15, 0.2) is 9.84 Å². The molecule has 0 saturated heterocycles. The molecule has 6 heteroatoms. The molecule has 0 aliphatic heterocycles. The van der Waals surface area contributed by atoms with Gasteiger partial charge in [-0.1, -0.05) is 56.1 Å². The van der Waals surface area contributed by atoms with E-state index >= 15 is 0 Å². The van der Waals surface area contributed by atoms with Crippen molar-refractivity contribution in [1.82, 2.24) is 0 Å². The third kappa shape index (κ3) is 3.71. The molecule has 0 amide bonds. The molecule has 0 aliphatic carbocycles. The third-order valence-electron chi connectivity index (χ3n) is 4.13. The molecule has 0 heterocycles. The Morgan fingerprint density at radius 1 is 0.769 bits per heavy atom. The molecular weight excluding hydrogens is 368 g/mol. The lowest BCUT2D eigenvalue weighted by Crippen LogP contribution is -2.22. The number of hydrogen-bond donors (Lipinski definition) is 0. The van der Waals surface area contributed by atoms with Gasteiger partial charge < -0.3 is 0 Å². The van der Waals surface area contributed by atoms with Crippen LogP contribution in [0.3, 0.4) is 0 Å². The summed E-state index contributed by atoms with van der Waals surface area (Å²) in [6, 6.07) is 15.7. The predicted molar refractivity (Wildman–Crippen MR) is 104 cm³/mol. The van der Waals surface area contributed by atoms with Crippen LogP contribution >= 0.6 is 0 Å². The number of allylic oxidation sites excluding steroid dienone is 1. The maximum atomic E-state index is 12.7. The van der Waals surface area contributed by atoms with Crippen molar-refractivity contribution >= 4 is 19.7 Å². The minimum absolute atomic E-state index is 0.000796. The number of sulfone groups is 2. The molecule has 0 aromatic heterocycles. The Labute approximate surface area is 155 Å². The van der Waals surface area contributed by atoms with Crippen molar-refractivity contribution < 1.29 is 16.8 Å². The molecule has 1 atom stereocenters. The van der Waals surface area contributed by atoms with Gasteiger partial charge in [0.2, 0.25) is 9.84 Å². The van der Waals surface area contributed by atoms with Crippen LogP contribution in [0, 0.1) is 0 Å². The molecule has 0 spiro atoms. The average molecular weight is 389 g/mol. The van der Waals surface area contributed by atoms with Gasteiger partial charge in [-0.15, -0.1) is 0 Å². The summed E-state index contributed by atoms with van der Waals surface area (Å²) in [7, 11) is -7.60. The predicted octanol–water partition coefficient (Wildman–Crippen LogP) is 3.95. The summed E-state index contributed by atoms with van der Waals surface area (Å²) < 4.78 is 50.8. The van der Waals surface area contributed by atoms with Crippen molar-refractivity contribution in [3.63, 3.8) is 0 Å². The summed E-state index contributed by atoms with van der Waals surface area (Å²) in [5.41, 5.74) is 0.0965. The zero-order valence-corrected chi connectivity index (χ0v) is 16.1. The maximum Gasteiger partial charge on any atom is 0.206 e. The van der Waals surface area contributed by atoms with Crippen LogP contribution in [0.1, 0.15) is 6.92 Å². The second kappa shape index (κ2) is 7.43. The van der Waals surface area contributed by atoms with E-state index in [9.17, 15) is 16.8 Å². The van der Waals surface area contributed by atoms with Crippen molar-refractivity contribution in [3.8, 4) is 0 Å². The van der Waals surface area contributed by atoms with Crippen LogP contribution in [0.4, 0.5) is 0 Å². The van der Waals surface area contributed by atoms with Gasteiger partial charge in [-0.3, -0.25) is 0 Å². The van der Waals surface area contributed by atoms with Gasteiger partial charge in [-0.2, -0.15) is 0 Å². The maximum absolute atomic E-state index is 12.7. The first-order valence-corrected chi connectivity index (χ1v) is 10.8. The van der Waals surface area contributed by atoms with Gasteiger partial charge in [0.05, 0.1) is 19.9 Å². The van der Waals surface area contributed by atoms with Crippen LogP contribution in [0.25, 0.3) is 0 Å². The van der Waals surface area contributed by atoms with E-state index in [1.807, 2.05) is 0 Å². The Hall–Kier alpha value is -2.44. The molecule has 136 valence electrons. The molecule has 0 fully saturated rings. The zero-order chi connectivity index (χ0) is 19.5. The molecule has 0 bridgehead atoms. The minimum atomic E-state index is -3.88. The molecule has 0 saturated carbocycles. The second-order valence-corrected chi connectivity index (χ2v) is 9.98. The largest absolute Gasteiger partial charge is 0.223 e. The topological polar surface area (TPSA) is 68.3 Å². The van der Waals surface area contributed by atoms with Gasteiger partial charge in [0, 0.05) is 0 Å². The van der Waals surface area contributed by atoms with Crippen molar-refractivity contribution in [1.29, 1.82) is 0 Å². The molecule has 0 radical (unpaired) electrons. The van der Waals surface area contributed by atoms with E-state index in [-0.39, 0.29) is 25.8 Å². The summed E-state index contributed by atoms with van der Waals surface area (Å²) in [6.45, 7) is 12.6. The molecule has 0 aliphatic rings. The smallest absolute Gasteiger partial charge is 0.206 e. The van der Waals surface area contributed by atoms with Crippen molar-refractivity contribution in [2.45, 2.75) is 22.0 Å². The first-order chi connectivity index (χ1) is 12.1. The Morgan fingerprint density at radius 3 is 1.65 bits per heavy atom. The molecular formula is C20H20O4S2. The lowest BCUT2D eigenvalue weighted by molar-refractivity contribution is 0.589. The summed E-state index contributed by atoms with van der Waals surface area (Å²) in [5.74, 6) is 0. The lowest BCUT2D eigenvalue weighted by atomic mass is 10.1. The molecule has 26 heavy (non-hydrogen) atoms. The van der Waals surface area contributed by atoms with Crippen molar-refractivity contribution in [2.24, 2.45) is 0 Å². The van der Waals surface area contributed by atoms with Crippen LogP contribution in [0.15, 0.2) is 106 Å². The molecule has 2 aromatic carbocycles. The van der Waals surface area contributed by atoms with E-state index in [0.717, 1.165) is 0 Å². The Balaban J connectivity index is 2.32. The van der Waals surface area contributed by atoms with E-state index < -0.39 is 24.9 Å². The highest BCUT2D eigenvalue weighted by Crippen LogP contribution is 2.31. The lowest BCUT2D eigenvalue weighted by Gasteiger charge is -2.19. The average Bonchev–Trinajstić information content (AvgIpc) is 2.66. The highest BCUT2D eigenvalue weighted by atomic mass is 32.2. The van der Waals surface area contributed by atoms with Gasteiger partial charge in [0.25, 0.3) is 0 Å². The van der Waals surface area contributed by atoms with E-state index in [4.69, 9.17) is 0 Å². The molecule has 4 nitrogen and oxygen atoms in total. The highest BCUT2D eigenvalue weighted by molar-refractivity contribution is 7.95. The number of hydrogen-bond acceptors (Lipinski definition) is 4. The molecule has 2 rings (SSSR count). The van der Waals surface area contributed by atoms with Crippen LogP contribution < -0.4 is 0 Å². The van der Waals surface area contributed by atoms with Gasteiger partial charge in [0.1, 0.15) is 0 Å². The second-order valence-electron chi connectivity index (χ2n) is 5.74. The first kappa shape index (κ1) is 19.9. The fourth-order valence-corrected chi connectivity index (χ4v) is 5.05. The zero-order valence-electron chi connectivity index (χ0n) is 14.4. The SMILES string of the molecule is C=C(C(=C)C(C)S(=O)(=O)c1ccccc1)C(=C)S(=O)(=O)c1ccccc1. The summed E-state index contributed by atoms with van der Waals surface area (Å²) in [6.07, 6.45) is 0. The van der Waals surface area contributed by atoms with Crippen LogP contribution in [0.2, 0.25) is 0 Å². The Bertz CT molecular complexity index is 1050. The normalized spacial score (nSPS) is 13.0. The van der Waals surface area contributed by atoms with E-state index in [1.165, 1.54) is 31.2 Å². The van der Waals surface area contributed by atoms with Crippen LogP contribution in [-0.2, 0) is 19.7 Å². The molecule has 1 unspecified atom stereocenters.